The molecule has 4 aromatic rings. The maximum Gasteiger partial charge on any atom is 0.177 e. The van der Waals surface area contributed by atoms with Gasteiger partial charge in [-0.25, -0.2) is 14.4 Å². The molecule has 3 heterocycles. The summed E-state index contributed by atoms with van der Waals surface area (Å²) < 4.78 is 20.0. The highest BCUT2D eigenvalue weighted by molar-refractivity contribution is 5.84. The van der Waals surface area contributed by atoms with Crippen LogP contribution in [0.5, 0.6) is 5.75 Å². The molecular formula is C24H23FN4O. The third-order valence-corrected chi connectivity index (χ3v) is 6.94. The molecular weight excluding hydrogens is 379 g/mol. The van der Waals surface area contributed by atoms with E-state index in [1.54, 1.807) is 12.3 Å². The number of H-pyrrole nitrogens is 1. The Hall–Kier alpha value is -3.02. The van der Waals surface area contributed by atoms with Gasteiger partial charge in [0.25, 0.3) is 0 Å². The summed E-state index contributed by atoms with van der Waals surface area (Å²) >= 11 is 0. The molecule has 3 unspecified atom stereocenters. The van der Waals surface area contributed by atoms with Gasteiger partial charge in [0.1, 0.15) is 17.4 Å². The Kier molecular flexibility index (Phi) is 3.85. The second-order valence-electron chi connectivity index (χ2n) is 8.82. The number of nitrogens with zero attached hydrogens (tertiary/aromatic N) is 3. The summed E-state index contributed by atoms with van der Waals surface area (Å²) in [5.41, 5.74) is 3.56. The number of hydrogen-bond donors (Lipinski definition) is 1. The van der Waals surface area contributed by atoms with Crippen LogP contribution < -0.4 is 4.74 Å². The van der Waals surface area contributed by atoms with Crippen molar-refractivity contribution in [2.45, 2.75) is 38.7 Å². The van der Waals surface area contributed by atoms with E-state index in [1.807, 2.05) is 19.1 Å². The molecule has 0 spiro atoms. The summed E-state index contributed by atoms with van der Waals surface area (Å²) in [4.78, 5) is 17.1. The predicted octanol–water partition coefficient (Wildman–Crippen LogP) is 5.16. The molecule has 30 heavy (non-hydrogen) atoms. The number of aromatic nitrogens is 4. The fraction of sp³-hybridized carbons (Fsp3) is 0.375. The van der Waals surface area contributed by atoms with Crippen molar-refractivity contribution in [2.75, 3.05) is 0 Å². The Morgan fingerprint density at radius 2 is 1.93 bits per heavy atom. The number of fused-ring (bicyclic) bond motifs is 3. The van der Waals surface area contributed by atoms with Crippen LogP contribution in [-0.2, 0) is 0 Å². The van der Waals surface area contributed by atoms with Crippen molar-refractivity contribution in [1.29, 1.82) is 0 Å². The van der Waals surface area contributed by atoms with Crippen LogP contribution in [0.3, 0.4) is 0 Å². The number of pyridine rings is 2. The van der Waals surface area contributed by atoms with Gasteiger partial charge in [-0.05, 0) is 73.9 Å². The normalized spacial score (nSPS) is 26.1. The number of ether oxygens (including phenoxy) is 1. The molecule has 2 saturated carbocycles. The summed E-state index contributed by atoms with van der Waals surface area (Å²) in [6, 6.07) is 10.6. The molecule has 2 aliphatic carbocycles. The van der Waals surface area contributed by atoms with Gasteiger partial charge >= 0.3 is 0 Å². The fourth-order valence-corrected chi connectivity index (χ4v) is 5.46. The van der Waals surface area contributed by atoms with E-state index >= 15 is 0 Å². The zero-order chi connectivity index (χ0) is 20.4. The lowest BCUT2D eigenvalue weighted by atomic mass is 9.97. The minimum absolute atomic E-state index is 0.178. The van der Waals surface area contributed by atoms with E-state index in [4.69, 9.17) is 9.72 Å². The number of benzene rings is 1. The van der Waals surface area contributed by atoms with Crippen LogP contribution in [0, 0.1) is 30.5 Å². The highest BCUT2D eigenvalue weighted by atomic mass is 19.1. The SMILES string of the molecule is Cc1ccc2[nH]c(C(C)C3[C@H]4CC(Oc5ccnc6ccc(F)cc56)C[C@@H]34)nc2n1. The van der Waals surface area contributed by atoms with Crippen molar-refractivity contribution in [2.24, 2.45) is 17.8 Å². The van der Waals surface area contributed by atoms with E-state index in [0.29, 0.717) is 23.7 Å². The fourth-order valence-electron chi connectivity index (χ4n) is 5.46. The Balaban J connectivity index is 1.16. The monoisotopic (exact) mass is 402 g/mol. The van der Waals surface area contributed by atoms with Crippen LogP contribution in [-0.4, -0.2) is 26.0 Å². The summed E-state index contributed by atoms with van der Waals surface area (Å²) in [6.45, 7) is 4.26. The second-order valence-corrected chi connectivity index (χ2v) is 8.82. The molecule has 2 aliphatic rings. The van der Waals surface area contributed by atoms with E-state index in [-0.39, 0.29) is 11.9 Å². The minimum atomic E-state index is -0.265. The standard InChI is InChI=1S/C24H23FN4O/c1-12-3-5-20-24(27-12)29-23(28-20)13(2)22-16-10-15(11-17(16)22)30-21-7-8-26-19-6-4-14(25)9-18(19)21/h3-9,13,15-17,22H,10-11H2,1-2H3,(H,27,28,29)/t13?,15?,16-,17+,22?. The van der Waals surface area contributed by atoms with Gasteiger partial charge in [0, 0.05) is 23.2 Å². The molecule has 0 radical (unpaired) electrons. The summed E-state index contributed by atoms with van der Waals surface area (Å²) in [6.07, 6.45) is 3.98. The lowest BCUT2D eigenvalue weighted by Gasteiger charge is -2.19. The average Bonchev–Trinajstić information content (AvgIpc) is 3.06. The summed E-state index contributed by atoms with van der Waals surface area (Å²) in [5, 5.41) is 0.744. The van der Waals surface area contributed by atoms with E-state index in [0.717, 1.165) is 52.2 Å². The van der Waals surface area contributed by atoms with Crippen LogP contribution in [0.4, 0.5) is 4.39 Å². The third kappa shape index (κ3) is 2.85. The van der Waals surface area contributed by atoms with Gasteiger partial charge in [0.05, 0.1) is 17.1 Å². The van der Waals surface area contributed by atoms with Crippen LogP contribution in [0.2, 0.25) is 0 Å². The molecule has 6 heteroatoms. The number of imidazole rings is 1. The number of aryl methyl sites for hydroxylation is 1. The molecule has 2 fully saturated rings. The van der Waals surface area contributed by atoms with E-state index in [1.165, 1.54) is 12.1 Å². The first-order chi connectivity index (χ1) is 14.6. The highest BCUT2D eigenvalue weighted by Crippen LogP contribution is 2.63. The number of halogens is 1. The Bertz CT molecular complexity index is 1260. The maximum absolute atomic E-state index is 13.7. The zero-order valence-corrected chi connectivity index (χ0v) is 17.0. The first kappa shape index (κ1) is 17.8. The summed E-state index contributed by atoms with van der Waals surface area (Å²) in [5.74, 6) is 3.85. The molecule has 152 valence electrons. The first-order valence-corrected chi connectivity index (χ1v) is 10.6. The molecule has 0 aliphatic heterocycles. The number of nitrogens with one attached hydrogen (secondary N) is 1. The predicted molar refractivity (Wildman–Crippen MR) is 113 cm³/mol. The van der Waals surface area contributed by atoms with Crippen molar-refractivity contribution in [3.05, 3.63) is 59.9 Å². The largest absolute Gasteiger partial charge is 0.490 e. The lowest BCUT2D eigenvalue weighted by Crippen LogP contribution is -2.17. The van der Waals surface area contributed by atoms with Crippen LogP contribution in [0.1, 0.15) is 37.2 Å². The molecule has 5 atom stereocenters. The van der Waals surface area contributed by atoms with E-state index < -0.39 is 0 Å². The molecule has 1 N–H and O–H groups in total. The van der Waals surface area contributed by atoms with Crippen molar-refractivity contribution < 1.29 is 9.13 Å². The molecule has 1 aromatic carbocycles. The molecule has 0 bridgehead atoms. The van der Waals surface area contributed by atoms with Gasteiger partial charge < -0.3 is 9.72 Å². The van der Waals surface area contributed by atoms with Crippen molar-refractivity contribution >= 4 is 22.1 Å². The van der Waals surface area contributed by atoms with E-state index in [9.17, 15) is 4.39 Å². The average molecular weight is 402 g/mol. The number of aromatic amines is 1. The van der Waals surface area contributed by atoms with Crippen molar-refractivity contribution in [1.82, 2.24) is 19.9 Å². The molecule has 0 saturated heterocycles. The van der Waals surface area contributed by atoms with Crippen LogP contribution >= 0.6 is 0 Å². The Labute approximate surface area is 173 Å². The lowest BCUT2D eigenvalue weighted by molar-refractivity contribution is 0.186. The second kappa shape index (κ2) is 6.49. The van der Waals surface area contributed by atoms with Gasteiger partial charge in [-0.15, -0.1) is 0 Å². The van der Waals surface area contributed by atoms with Gasteiger partial charge in [-0.1, -0.05) is 6.92 Å². The maximum atomic E-state index is 13.7. The van der Waals surface area contributed by atoms with Crippen molar-refractivity contribution in [3.8, 4) is 5.75 Å². The Morgan fingerprint density at radius 1 is 1.10 bits per heavy atom. The van der Waals surface area contributed by atoms with Gasteiger partial charge in [-0.3, -0.25) is 4.98 Å². The number of rotatable bonds is 4. The van der Waals surface area contributed by atoms with Gasteiger partial charge in [0.15, 0.2) is 5.65 Å². The zero-order valence-electron chi connectivity index (χ0n) is 17.0. The minimum Gasteiger partial charge on any atom is -0.490 e. The molecule has 3 aromatic heterocycles. The quantitative estimate of drug-likeness (QED) is 0.512. The molecule has 6 rings (SSSR count). The number of hydrogen-bond acceptors (Lipinski definition) is 4. The molecule has 5 nitrogen and oxygen atoms in total. The molecule has 0 amide bonds. The first-order valence-electron chi connectivity index (χ1n) is 10.6. The Morgan fingerprint density at radius 3 is 2.77 bits per heavy atom. The van der Waals surface area contributed by atoms with Crippen molar-refractivity contribution in [3.63, 3.8) is 0 Å². The van der Waals surface area contributed by atoms with Crippen LogP contribution in [0.25, 0.3) is 22.1 Å². The summed E-state index contributed by atoms with van der Waals surface area (Å²) in [7, 11) is 0. The van der Waals surface area contributed by atoms with Crippen LogP contribution in [0.15, 0.2) is 42.6 Å². The van der Waals surface area contributed by atoms with Gasteiger partial charge in [-0.2, -0.15) is 0 Å². The smallest absolute Gasteiger partial charge is 0.177 e. The van der Waals surface area contributed by atoms with E-state index in [2.05, 4.69) is 27.9 Å². The highest BCUT2D eigenvalue weighted by Gasteiger charge is 2.59. The third-order valence-electron chi connectivity index (χ3n) is 6.94. The topological polar surface area (TPSA) is 63.7 Å². The van der Waals surface area contributed by atoms with Gasteiger partial charge in [0.2, 0.25) is 0 Å².